The van der Waals surface area contributed by atoms with Crippen LogP contribution in [0.5, 0.6) is 5.75 Å². The van der Waals surface area contributed by atoms with Crippen molar-refractivity contribution in [1.29, 1.82) is 0 Å². The molecule has 0 amide bonds. The van der Waals surface area contributed by atoms with E-state index in [0.29, 0.717) is 17.8 Å². The van der Waals surface area contributed by atoms with Gasteiger partial charge in [-0.1, -0.05) is 36.4 Å². The molecule has 2 aliphatic heterocycles. The molecule has 2 aliphatic rings. The van der Waals surface area contributed by atoms with Gasteiger partial charge in [0, 0.05) is 11.6 Å². The first-order valence-electron chi connectivity index (χ1n) is 7.66. The third kappa shape index (κ3) is 1.76. The normalized spacial score (nSPS) is 23.6. The molecule has 0 saturated carbocycles. The molecule has 0 saturated heterocycles. The molecule has 0 bridgehead atoms. The third-order valence-corrected chi connectivity index (χ3v) is 4.79. The lowest BCUT2D eigenvalue weighted by atomic mass is 9.74. The molecule has 0 unspecified atom stereocenters. The summed E-state index contributed by atoms with van der Waals surface area (Å²) >= 11 is 0. The molecule has 2 heterocycles. The van der Waals surface area contributed by atoms with Crippen LogP contribution in [-0.4, -0.2) is 17.2 Å². The van der Waals surface area contributed by atoms with Crippen LogP contribution in [0.1, 0.15) is 24.5 Å². The smallest absolute Gasteiger partial charge is 0.599 e. The van der Waals surface area contributed by atoms with E-state index in [9.17, 15) is 8.63 Å². The van der Waals surface area contributed by atoms with Crippen LogP contribution in [0.25, 0.3) is 0 Å². The monoisotopic (exact) mass is 311 g/mol. The molecule has 2 aromatic carbocycles. The predicted molar refractivity (Wildman–Crippen MR) is 87.7 cm³/mol. The number of fused-ring (bicyclic) bond motifs is 4. The first-order valence-corrected chi connectivity index (χ1v) is 7.66. The highest BCUT2D eigenvalue weighted by Gasteiger charge is 2.60. The summed E-state index contributed by atoms with van der Waals surface area (Å²) in [6, 6.07) is 14.3. The largest absolute Gasteiger partial charge is 0.834 e. The van der Waals surface area contributed by atoms with Crippen LogP contribution >= 0.6 is 0 Å². The number of halogens is 2. The fourth-order valence-electron chi connectivity index (χ4n) is 3.87. The Morgan fingerprint density at radius 1 is 1.17 bits per heavy atom. The first-order chi connectivity index (χ1) is 11.0. The van der Waals surface area contributed by atoms with Crippen LogP contribution < -0.4 is 4.65 Å². The van der Waals surface area contributed by atoms with Gasteiger partial charge in [0.2, 0.25) is 0 Å². The second-order valence-electron chi connectivity index (χ2n) is 6.24. The van der Waals surface area contributed by atoms with Crippen molar-refractivity contribution in [2.75, 3.05) is 0 Å². The van der Waals surface area contributed by atoms with Crippen molar-refractivity contribution in [2.45, 2.75) is 18.8 Å². The van der Waals surface area contributed by atoms with Gasteiger partial charge in [-0.05, 0) is 25.5 Å². The van der Waals surface area contributed by atoms with Gasteiger partial charge in [0.1, 0.15) is 0 Å². The minimum atomic E-state index is -4.17. The number of rotatable bonds is 2. The maximum atomic E-state index is 14.8. The summed E-state index contributed by atoms with van der Waals surface area (Å²) in [6.45, 7) is 5.82. The molecule has 0 fully saturated rings. The summed E-state index contributed by atoms with van der Waals surface area (Å²) in [5.41, 5.74) is 2.18. The Balaban J connectivity index is 2.12. The number of hydrogen-bond acceptors (Lipinski definition) is 1. The van der Waals surface area contributed by atoms with Crippen molar-refractivity contribution in [3.63, 3.8) is 0 Å². The van der Waals surface area contributed by atoms with Gasteiger partial charge in [0.05, 0.1) is 16.7 Å². The zero-order chi connectivity index (χ0) is 16.2. The summed E-state index contributed by atoms with van der Waals surface area (Å²) in [6.07, 6.45) is 2.37. The SMILES string of the molecule is C=CC[C@]1(C)C2=[N+](c3ccccc31)[B-](F)(F)Oc1ccccc12. The molecule has 0 spiro atoms. The van der Waals surface area contributed by atoms with Gasteiger partial charge < -0.3 is 17.8 Å². The molecule has 0 radical (unpaired) electrons. The summed E-state index contributed by atoms with van der Waals surface area (Å²) < 4.78 is 35.8. The Kier molecular flexibility index (Phi) is 2.80. The average Bonchev–Trinajstić information content (AvgIpc) is 2.79. The van der Waals surface area contributed by atoms with Crippen LogP contribution in [0, 0.1) is 0 Å². The molecular weight excluding hydrogens is 295 g/mol. The molecule has 0 aliphatic carbocycles. The van der Waals surface area contributed by atoms with Crippen molar-refractivity contribution in [3.05, 3.63) is 72.3 Å². The molecule has 0 N–H and O–H groups in total. The van der Waals surface area contributed by atoms with Crippen molar-refractivity contribution in [1.82, 2.24) is 0 Å². The number of benzene rings is 2. The topological polar surface area (TPSA) is 12.2 Å². The molecular formula is C18H16BF2NO. The molecule has 2 nitrogen and oxygen atoms in total. The van der Waals surface area contributed by atoms with Crippen LogP contribution in [0.3, 0.4) is 0 Å². The van der Waals surface area contributed by atoms with E-state index in [1.54, 1.807) is 30.3 Å². The highest BCUT2D eigenvalue weighted by atomic mass is 19.3. The Morgan fingerprint density at radius 3 is 2.65 bits per heavy atom. The van der Waals surface area contributed by atoms with Gasteiger partial charge in [0.15, 0.2) is 11.4 Å². The summed E-state index contributed by atoms with van der Waals surface area (Å²) in [7, 11) is -4.17. The van der Waals surface area contributed by atoms with E-state index in [-0.39, 0.29) is 5.75 Å². The second kappa shape index (κ2) is 4.54. The Labute approximate surface area is 133 Å². The average molecular weight is 311 g/mol. The van der Waals surface area contributed by atoms with E-state index in [1.165, 1.54) is 0 Å². The molecule has 116 valence electrons. The van der Waals surface area contributed by atoms with E-state index < -0.39 is 12.5 Å². The maximum Gasteiger partial charge on any atom is 0.834 e. The molecule has 4 rings (SSSR count). The quantitative estimate of drug-likeness (QED) is 0.590. The number of para-hydroxylation sites is 2. The highest BCUT2D eigenvalue weighted by Crippen LogP contribution is 2.49. The van der Waals surface area contributed by atoms with E-state index in [4.69, 9.17) is 4.65 Å². The number of hydrogen-bond donors (Lipinski definition) is 0. The molecule has 23 heavy (non-hydrogen) atoms. The molecule has 5 heteroatoms. The van der Waals surface area contributed by atoms with Crippen LogP contribution in [0.15, 0.2) is 61.2 Å². The third-order valence-electron chi connectivity index (χ3n) is 4.79. The van der Waals surface area contributed by atoms with E-state index in [2.05, 4.69) is 6.58 Å². The minimum Gasteiger partial charge on any atom is -0.599 e. The lowest BCUT2D eigenvalue weighted by molar-refractivity contribution is -0.346. The zero-order valence-electron chi connectivity index (χ0n) is 12.8. The van der Waals surface area contributed by atoms with Crippen LogP contribution in [0.2, 0.25) is 0 Å². The fraction of sp³-hybridized carbons (Fsp3) is 0.167. The van der Waals surface area contributed by atoms with Gasteiger partial charge in [-0.2, -0.15) is 0 Å². The van der Waals surface area contributed by atoms with E-state index in [0.717, 1.165) is 15.6 Å². The predicted octanol–water partition coefficient (Wildman–Crippen LogP) is 4.43. The minimum absolute atomic E-state index is 0.242. The Bertz CT molecular complexity index is 862. The van der Waals surface area contributed by atoms with Gasteiger partial charge in [0.25, 0.3) is 0 Å². The van der Waals surface area contributed by atoms with Crippen LogP contribution in [-0.2, 0) is 5.41 Å². The van der Waals surface area contributed by atoms with Crippen molar-refractivity contribution >= 4 is 18.4 Å². The first kappa shape index (κ1) is 14.2. The number of allylic oxidation sites excluding steroid dienone is 1. The van der Waals surface area contributed by atoms with E-state index >= 15 is 0 Å². The molecule has 1 atom stereocenters. The lowest BCUT2D eigenvalue weighted by Gasteiger charge is -2.32. The molecule has 2 aromatic rings. The highest BCUT2D eigenvalue weighted by molar-refractivity contribution is 6.54. The van der Waals surface area contributed by atoms with Gasteiger partial charge in [-0.3, -0.25) is 0 Å². The second-order valence-corrected chi connectivity index (χ2v) is 6.24. The standard InChI is InChI=1S/C18H16BF2NO/c1-3-12-18(2)14-9-5-6-10-15(14)22-17(18)13-8-4-7-11-16(13)23-19(22,20)21/h3-11H,1,12H2,2H3/t18-/m0/s1. The van der Waals surface area contributed by atoms with Gasteiger partial charge in [-0.15, -0.1) is 6.58 Å². The van der Waals surface area contributed by atoms with Gasteiger partial charge >= 0.3 is 7.04 Å². The Morgan fingerprint density at radius 2 is 1.87 bits per heavy atom. The summed E-state index contributed by atoms with van der Waals surface area (Å²) in [4.78, 5) is 0. The summed E-state index contributed by atoms with van der Waals surface area (Å²) in [5, 5.41) is 0. The molecule has 0 aromatic heterocycles. The Hall–Kier alpha value is -2.43. The lowest BCUT2D eigenvalue weighted by Crippen LogP contribution is -2.50. The summed E-state index contributed by atoms with van der Waals surface area (Å²) in [5.74, 6) is 0.242. The van der Waals surface area contributed by atoms with Crippen molar-refractivity contribution < 1.29 is 17.8 Å². The maximum absolute atomic E-state index is 14.8. The van der Waals surface area contributed by atoms with Crippen molar-refractivity contribution in [2.24, 2.45) is 0 Å². The van der Waals surface area contributed by atoms with Crippen molar-refractivity contribution in [3.8, 4) is 5.75 Å². The fourth-order valence-corrected chi connectivity index (χ4v) is 3.87. The zero-order valence-corrected chi connectivity index (χ0v) is 12.8. The van der Waals surface area contributed by atoms with Gasteiger partial charge in [-0.25, -0.2) is 0 Å². The number of nitrogens with zero attached hydrogens (tertiary/aromatic N) is 1. The van der Waals surface area contributed by atoms with E-state index in [1.807, 2.05) is 31.2 Å². The van der Waals surface area contributed by atoms with Crippen LogP contribution in [0.4, 0.5) is 14.3 Å².